The molecule has 12 rings (SSSR count). The normalized spacial score (nSPS) is 16.2. The molecule has 2 spiro atoms. The molecule has 4 aliphatic rings. The predicted octanol–water partition coefficient (Wildman–Crippen LogP) is 16.9. The zero-order valence-corrected chi connectivity index (χ0v) is 46.1. The van der Waals surface area contributed by atoms with Crippen LogP contribution >= 0.6 is 0 Å². The maximum atomic E-state index is 14.0. The van der Waals surface area contributed by atoms with Crippen LogP contribution in [0.25, 0.3) is 67.8 Å². The highest BCUT2D eigenvalue weighted by molar-refractivity contribution is 6.12. The lowest BCUT2D eigenvalue weighted by atomic mass is 9.67. The number of fused-ring (bicyclic) bond motifs is 10. The maximum Gasteiger partial charge on any atom is 0.185 e. The van der Waals surface area contributed by atoms with Crippen molar-refractivity contribution in [1.29, 1.82) is 0 Å². The molecule has 6 heteroatoms. The molecule has 2 aromatic heterocycles. The summed E-state index contributed by atoms with van der Waals surface area (Å²) in [6.07, 6.45) is 8.90. The first-order valence-electron chi connectivity index (χ1n) is 26.8. The van der Waals surface area contributed by atoms with Crippen LogP contribution in [0, 0.1) is 21.7 Å². The van der Waals surface area contributed by atoms with Gasteiger partial charge in [-0.1, -0.05) is 253 Å². The Morgan fingerprint density at radius 3 is 0.855 bits per heavy atom. The molecular weight excluding hydrogens is 929 g/mol. The van der Waals surface area contributed by atoms with Crippen LogP contribution in [0.5, 0.6) is 0 Å². The van der Waals surface area contributed by atoms with Gasteiger partial charge in [-0.05, 0) is 57.1 Å². The standard InChI is InChI=1S/2C35H34N2O/c2*1-33(2,3)27-21-35(22-28(31(27)38)34(4,5)6)26-20-14-13-19-25(26)32-36-29(23-15-9-7-10-16-23)30(37(32)35)24-17-11-8-12-18-24/h2*7-22H,1-6H3. The van der Waals surface area contributed by atoms with E-state index in [-0.39, 0.29) is 33.2 Å². The molecule has 76 heavy (non-hydrogen) atoms. The van der Waals surface area contributed by atoms with Crippen LogP contribution in [0.2, 0.25) is 0 Å². The fraction of sp³-hybridized carbons (Fsp3) is 0.257. The number of hydrogen-bond acceptors (Lipinski definition) is 4. The summed E-state index contributed by atoms with van der Waals surface area (Å²) in [5.74, 6) is 2.15. The Morgan fingerprint density at radius 1 is 0.329 bits per heavy atom. The number of benzene rings is 6. The third-order valence-electron chi connectivity index (χ3n) is 15.6. The van der Waals surface area contributed by atoms with Crippen LogP contribution in [0.1, 0.15) is 94.2 Å². The summed E-state index contributed by atoms with van der Waals surface area (Å²) in [5.41, 5.74) is 13.7. The Bertz CT molecular complexity index is 3420. The number of Topliss-reactive ketones (excluding diaryl/α,β-unsaturated/α-hetero) is 2. The molecule has 0 saturated heterocycles. The highest BCUT2D eigenvalue weighted by Gasteiger charge is 2.51. The Kier molecular flexibility index (Phi) is 11.8. The third-order valence-corrected chi connectivity index (χ3v) is 15.6. The fourth-order valence-corrected chi connectivity index (χ4v) is 11.9. The van der Waals surface area contributed by atoms with Crippen LogP contribution in [0.3, 0.4) is 0 Å². The molecule has 8 aromatic rings. The molecule has 0 amide bonds. The van der Waals surface area contributed by atoms with Gasteiger partial charge in [0.2, 0.25) is 0 Å². The van der Waals surface area contributed by atoms with Crippen molar-refractivity contribution in [2.75, 3.05) is 0 Å². The van der Waals surface area contributed by atoms with Gasteiger partial charge in [-0.25, -0.2) is 9.97 Å². The minimum absolute atomic E-state index is 0.145. The number of rotatable bonds is 4. The van der Waals surface area contributed by atoms with Gasteiger partial charge in [-0.3, -0.25) is 9.59 Å². The number of allylic oxidation sites excluding steroid dienone is 8. The van der Waals surface area contributed by atoms with Crippen LogP contribution in [0.15, 0.2) is 216 Å². The first kappa shape index (κ1) is 50.2. The first-order chi connectivity index (χ1) is 36.0. The van der Waals surface area contributed by atoms with E-state index in [1.807, 2.05) is 24.3 Å². The van der Waals surface area contributed by atoms with Crippen LogP contribution in [-0.4, -0.2) is 30.7 Å². The minimum Gasteiger partial charge on any atom is -0.306 e. The highest BCUT2D eigenvalue weighted by Crippen LogP contribution is 2.57. The van der Waals surface area contributed by atoms with Crippen molar-refractivity contribution in [3.8, 4) is 67.8 Å². The Balaban J connectivity index is 0.000000162. The zero-order chi connectivity index (χ0) is 53.7. The molecule has 0 unspecified atom stereocenters. The lowest BCUT2D eigenvalue weighted by Crippen LogP contribution is -2.38. The van der Waals surface area contributed by atoms with E-state index < -0.39 is 11.1 Å². The topological polar surface area (TPSA) is 69.8 Å². The van der Waals surface area contributed by atoms with E-state index in [2.05, 4.69) is 262 Å². The molecule has 4 heterocycles. The largest absolute Gasteiger partial charge is 0.306 e. The monoisotopic (exact) mass is 997 g/mol. The number of aromatic nitrogens is 4. The van der Waals surface area contributed by atoms with Crippen LogP contribution in [-0.2, 0) is 20.7 Å². The zero-order valence-electron chi connectivity index (χ0n) is 46.1. The number of ketones is 2. The number of nitrogens with zero attached hydrogens (tertiary/aromatic N) is 4. The molecule has 2 aliphatic heterocycles. The summed E-state index contributed by atoms with van der Waals surface area (Å²) in [4.78, 5) is 38.7. The van der Waals surface area contributed by atoms with Crippen molar-refractivity contribution in [2.24, 2.45) is 21.7 Å². The molecule has 0 bridgehead atoms. The average molecular weight is 997 g/mol. The maximum absolute atomic E-state index is 14.0. The van der Waals surface area contributed by atoms with E-state index in [0.29, 0.717) is 0 Å². The molecular formula is C70H68N4O2. The van der Waals surface area contributed by atoms with Crippen LogP contribution < -0.4 is 0 Å². The Hall–Kier alpha value is -7.96. The van der Waals surface area contributed by atoms with E-state index in [0.717, 1.165) is 101 Å². The molecule has 2 aliphatic carbocycles. The lowest BCUT2D eigenvalue weighted by Gasteiger charge is -2.39. The molecule has 6 aromatic carbocycles. The summed E-state index contributed by atoms with van der Waals surface area (Å²) in [6.45, 7) is 25.7. The lowest BCUT2D eigenvalue weighted by molar-refractivity contribution is -0.115. The second kappa shape index (κ2) is 17.8. The number of imidazole rings is 2. The van der Waals surface area contributed by atoms with E-state index in [1.165, 1.54) is 0 Å². The Morgan fingerprint density at radius 2 is 0.579 bits per heavy atom. The molecule has 0 saturated carbocycles. The van der Waals surface area contributed by atoms with Gasteiger partial charge in [0.1, 0.15) is 22.7 Å². The first-order valence-corrected chi connectivity index (χ1v) is 26.8. The summed E-state index contributed by atoms with van der Waals surface area (Å²) in [5, 5.41) is 0. The van der Waals surface area contributed by atoms with E-state index in [4.69, 9.17) is 9.97 Å². The average Bonchev–Trinajstić information content (AvgIpc) is 4.14. The third kappa shape index (κ3) is 8.07. The van der Waals surface area contributed by atoms with Gasteiger partial charge >= 0.3 is 0 Å². The fourth-order valence-electron chi connectivity index (χ4n) is 11.9. The number of hydrogen-bond donors (Lipinski definition) is 0. The SMILES string of the molecule is CC(C)(C)C1=CC2(C=C(C(C)(C)C)C1=O)c1ccccc1-c1nc(-c3ccccc3)c(-c3ccccc3)n12.CC(C)(C)C1=CC2(C=C(C(C)(C)C)C1=O)c1ccccc1-c1nc(-c3ccccc3)c(-c3ccccc3)n12. The van der Waals surface area contributed by atoms with Gasteiger partial charge in [-0.15, -0.1) is 0 Å². The van der Waals surface area contributed by atoms with Crippen LogP contribution in [0.4, 0.5) is 0 Å². The van der Waals surface area contributed by atoms with Crippen molar-refractivity contribution in [2.45, 2.75) is 94.2 Å². The molecule has 0 atom stereocenters. The highest BCUT2D eigenvalue weighted by atomic mass is 16.1. The van der Waals surface area contributed by atoms with Gasteiger partial charge in [0.25, 0.3) is 0 Å². The van der Waals surface area contributed by atoms with Gasteiger partial charge in [0.05, 0.1) is 22.8 Å². The van der Waals surface area contributed by atoms with Crippen molar-refractivity contribution in [3.63, 3.8) is 0 Å². The molecule has 0 N–H and O–H groups in total. The molecule has 0 radical (unpaired) electrons. The van der Waals surface area contributed by atoms with E-state index >= 15 is 0 Å². The van der Waals surface area contributed by atoms with E-state index in [1.54, 1.807) is 0 Å². The van der Waals surface area contributed by atoms with Gasteiger partial charge in [0, 0.05) is 55.7 Å². The predicted molar refractivity (Wildman–Crippen MR) is 311 cm³/mol. The van der Waals surface area contributed by atoms with Gasteiger partial charge < -0.3 is 9.13 Å². The smallest absolute Gasteiger partial charge is 0.185 e. The summed E-state index contributed by atoms with van der Waals surface area (Å²) in [6, 6.07) is 58.9. The minimum atomic E-state index is -0.670. The quantitative estimate of drug-likeness (QED) is 0.176. The van der Waals surface area contributed by atoms with Gasteiger partial charge in [0.15, 0.2) is 11.6 Å². The molecule has 0 fully saturated rings. The van der Waals surface area contributed by atoms with Gasteiger partial charge in [-0.2, -0.15) is 0 Å². The summed E-state index contributed by atoms with van der Waals surface area (Å²) in [7, 11) is 0. The Labute approximate surface area is 449 Å². The van der Waals surface area contributed by atoms with Crippen molar-refractivity contribution in [1.82, 2.24) is 19.1 Å². The summed E-state index contributed by atoms with van der Waals surface area (Å²) < 4.78 is 4.78. The van der Waals surface area contributed by atoms with Crippen molar-refractivity contribution < 1.29 is 9.59 Å². The number of carbonyl (C=O) groups is 2. The summed E-state index contributed by atoms with van der Waals surface area (Å²) >= 11 is 0. The second-order valence-electron chi connectivity index (χ2n) is 25.0. The number of carbonyl (C=O) groups excluding carboxylic acids is 2. The molecule has 380 valence electrons. The van der Waals surface area contributed by atoms with E-state index in [9.17, 15) is 9.59 Å². The second-order valence-corrected chi connectivity index (χ2v) is 25.0. The van der Waals surface area contributed by atoms with Crippen molar-refractivity contribution in [3.05, 3.63) is 228 Å². The molecule has 6 nitrogen and oxygen atoms in total. The van der Waals surface area contributed by atoms with Crippen molar-refractivity contribution >= 4 is 11.6 Å².